The average Bonchev–Trinajstić information content (AvgIpc) is 3.13. The Balaban J connectivity index is 1.61. The van der Waals surface area contributed by atoms with Crippen molar-refractivity contribution in [1.29, 1.82) is 0 Å². The molecule has 1 aliphatic heterocycles. The largest absolute Gasteiger partial charge is 0.344 e. The van der Waals surface area contributed by atoms with Crippen LogP contribution >= 0.6 is 11.6 Å². The van der Waals surface area contributed by atoms with Gasteiger partial charge in [-0.3, -0.25) is 4.79 Å². The van der Waals surface area contributed by atoms with E-state index in [4.69, 9.17) is 11.6 Å². The number of amides is 1. The van der Waals surface area contributed by atoms with Gasteiger partial charge in [0.1, 0.15) is 18.2 Å². The van der Waals surface area contributed by atoms with E-state index in [-0.39, 0.29) is 11.9 Å². The molecule has 1 fully saturated rings. The van der Waals surface area contributed by atoms with Crippen LogP contribution in [-0.4, -0.2) is 28.5 Å². The van der Waals surface area contributed by atoms with Gasteiger partial charge in [-0.05, 0) is 49.2 Å². The van der Waals surface area contributed by atoms with Gasteiger partial charge < -0.3 is 10.2 Å². The Morgan fingerprint density at radius 1 is 1.12 bits per heavy atom. The number of hydrogen-bond donors (Lipinski definition) is 1. The minimum atomic E-state index is -0.242. The number of aromatic nitrogens is 2. The summed E-state index contributed by atoms with van der Waals surface area (Å²) in [7, 11) is 0. The maximum absolute atomic E-state index is 12.8. The van der Waals surface area contributed by atoms with E-state index in [1.165, 1.54) is 0 Å². The van der Waals surface area contributed by atoms with E-state index < -0.39 is 0 Å². The van der Waals surface area contributed by atoms with Crippen molar-refractivity contribution < 1.29 is 4.79 Å². The number of fused-ring (bicyclic) bond motifs is 1. The SMILES string of the molecule is O=C(Nc1ccc(Cl)cc1)[C@H]1CCCN1c1ncnc2ccccc12. The lowest BCUT2D eigenvalue weighted by atomic mass is 10.1. The number of hydrogen-bond acceptors (Lipinski definition) is 4. The van der Waals surface area contributed by atoms with Crippen molar-refractivity contribution in [1.82, 2.24) is 9.97 Å². The quantitative estimate of drug-likeness (QED) is 0.777. The molecule has 0 radical (unpaired) electrons. The van der Waals surface area contributed by atoms with E-state index in [9.17, 15) is 4.79 Å². The number of nitrogens with one attached hydrogen (secondary N) is 1. The maximum atomic E-state index is 12.8. The Hall–Kier alpha value is -2.66. The first-order valence-corrected chi connectivity index (χ1v) is 8.63. The molecule has 25 heavy (non-hydrogen) atoms. The van der Waals surface area contributed by atoms with Crippen LogP contribution in [0.25, 0.3) is 10.9 Å². The van der Waals surface area contributed by atoms with Gasteiger partial charge in [0.25, 0.3) is 0 Å². The third-order valence-electron chi connectivity index (χ3n) is 4.46. The van der Waals surface area contributed by atoms with E-state index in [0.29, 0.717) is 5.02 Å². The zero-order valence-electron chi connectivity index (χ0n) is 13.5. The van der Waals surface area contributed by atoms with Crippen LogP contribution in [0.2, 0.25) is 5.02 Å². The molecule has 5 nitrogen and oxygen atoms in total. The number of carbonyl (C=O) groups is 1. The third kappa shape index (κ3) is 3.15. The van der Waals surface area contributed by atoms with Crippen LogP contribution in [0.5, 0.6) is 0 Å². The summed E-state index contributed by atoms with van der Waals surface area (Å²) in [6.45, 7) is 0.805. The zero-order chi connectivity index (χ0) is 17.2. The molecule has 1 N–H and O–H groups in total. The highest BCUT2D eigenvalue weighted by Crippen LogP contribution is 2.30. The van der Waals surface area contributed by atoms with Gasteiger partial charge >= 0.3 is 0 Å². The summed E-state index contributed by atoms with van der Waals surface area (Å²) in [5.74, 6) is 0.793. The fraction of sp³-hybridized carbons (Fsp3) is 0.211. The molecule has 0 unspecified atom stereocenters. The van der Waals surface area contributed by atoms with Crippen LogP contribution in [0.3, 0.4) is 0 Å². The molecule has 1 amide bonds. The smallest absolute Gasteiger partial charge is 0.247 e. The molecule has 0 aliphatic carbocycles. The van der Waals surface area contributed by atoms with Crippen LogP contribution in [0, 0.1) is 0 Å². The zero-order valence-corrected chi connectivity index (χ0v) is 14.3. The first kappa shape index (κ1) is 15.8. The van der Waals surface area contributed by atoms with Gasteiger partial charge in [0.05, 0.1) is 5.52 Å². The van der Waals surface area contributed by atoms with E-state index in [1.54, 1.807) is 30.6 Å². The van der Waals surface area contributed by atoms with E-state index in [2.05, 4.69) is 20.2 Å². The van der Waals surface area contributed by atoms with Crippen molar-refractivity contribution in [2.24, 2.45) is 0 Å². The van der Waals surface area contributed by atoms with Gasteiger partial charge in [-0.15, -0.1) is 0 Å². The monoisotopic (exact) mass is 352 g/mol. The average molecular weight is 353 g/mol. The van der Waals surface area contributed by atoms with Crippen LogP contribution in [0.1, 0.15) is 12.8 Å². The molecule has 1 aromatic heterocycles. The molecule has 0 spiro atoms. The molecule has 2 aromatic carbocycles. The molecule has 1 saturated heterocycles. The van der Waals surface area contributed by atoms with E-state index >= 15 is 0 Å². The molecule has 6 heteroatoms. The fourth-order valence-electron chi connectivity index (χ4n) is 3.27. The van der Waals surface area contributed by atoms with Crippen molar-refractivity contribution in [2.45, 2.75) is 18.9 Å². The number of nitrogens with zero attached hydrogens (tertiary/aromatic N) is 3. The fourth-order valence-corrected chi connectivity index (χ4v) is 3.40. The van der Waals surface area contributed by atoms with Crippen LogP contribution in [-0.2, 0) is 4.79 Å². The number of carbonyl (C=O) groups excluding carboxylic acids is 1. The molecule has 2 heterocycles. The lowest BCUT2D eigenvalue weighted by Gasteiger charge is -2.25. The van der Waals surface area contributed by atoms with Gasteiger partial charge in [0.15, 0.2) is 0 Å². The number of halogens is 1. The Morgan fingerprint density at radius 2 is 1.92 bits per heavy atom. The molecular weight excluding hydrogens is 336 g/mol. The lowest BCUT2D eigenvalue weighted by molar-refractivity contribution is -0.117. The topological polar surface area (TPSA) is 58.1 Å². The molecule has 3 aromatic rings. The first-order valence-electron chi connectivity index (χ1n) is 8.25. The van der Waals surface area contributed by atoms with E-state index in [1.807, 2.05) is 24.3 Å². The summed E-state index contributed by atoms with van der Waals surface area (Å²) < 4.78 is 0. The van der Waals surface area contributed by atoms with Gasteiger partial charge in [-0.25, -0.2) is 9.97 Å². The molecule has 1 aliphatic rings. The molecule has 0 saturated carbocycles. The van der Waals surface area contributed by atoms with Crippen molar-refractivity contribution in [3.63, 3.8) is 0 Å². The van der Waals surface area contributed by atoms with Gasteiger partial charge in [-0.2, -0.15) is 0 Å². The summed E-state index contributed by atoms with van der Waals surface area (Å²) in [4.78, 5) is 23.6. The summed E-state index contributed by atoms with van der Waals surface area (Å²) in [5.41, 5.74) is 1.63. The predicted molar refractivity (Wildman–Crippen MR) is 100.0 cm³/mol. The Kier molecular flexibility index (Phi) is 4.24. The second-order valence-electron chi connectivity index (χ2n) is 6.06. The molecule has 1 atom stereocenters. The van der Waals surface area contributed by atoms with Crippen LogP contribution < -0.4 is 10.2 Å². The van der Waals surface area contributed by atoms with Crippen molar-refractivity contribution >= 4 is 39.9 Å². The van der Waals surface area contributed by atoms with Crippen LogP contribution in [0.15, 0.2) is 54.9 Å². The highest BCUT2D eigenvalue weighted by molar-refractivity contribution is 6.30. The number of benzene rings is 2. The van der Waals surface area contributed by atoms with Crippen molar-refractivity contribution in [3.8, 4) is 0 Å². The molecular formula is C19H17ClN4O. The number of rotatable bonds is 3. The summed E-state index contributed by atoms with van der Waals surface area (Å²) in [6, 6.07) is 14.8. The predicted octanol–water partition coefficient (Wildman–Crippen LogP) is 3.89. The minimum Gasteiger partial charge on any atom is -0.344 e. The second kappa shape index (κ2) is 6.69. The van der Waals surface area contributed by atoms with Crippen LogP contribution in [0.4, 0.5) is 11.5 Å². The Bertz CT molecular complexity index is 907. The minimum absolute atomic E-state index is 0.0254. The summed E-state index contributed by atoms with van der Waals surface area (Å²) >= 11 is 5.90. The van der Waals surface area contributed by atoms with Gasteiger partial charge in [-0.1, -0.05) is 23.7 Å². The van der Waals surface area contributed by atoms with Crippen molar-refractivity contribution in [2.75, 3.05) is 16.8 Å². The van der Waals surface area contributed by atoms with E-state index in [0.717, 1.165) is 41.8 Å². The molecule has 4 rings (SSSR count). The lowest BCUT2D eigenvalue weighted by Crippen LogP contribution is -2.40. The first-order chi connectivity index (χ1) is 12.2. The highest BCUT2D eigenvalue weighted by Gasteiger charge is 2.32. The number of anilines is 2. The van der Waals surface area contributed by atoms with Gasteiger partial charge in [0.2, 0.25) is 5.91 Å². The molecule has 126 valence electrons. The second-order valence-corrected chi connectivity index (χ2v) is 6.50. The van der Waals surface area contributed by atoms with Crippen molar-refractivity contribution in [3.05, 3.63) is 59.9 Å². The maximum Gasteiger partial charge on any atom is 0.247 e. The Labute approximate surface area is 150 Å². The van der Waals surface area contributed by atoms with Gasteiger partial charge in [0, 0.05) is 22.6 Å². The summed E-state index contributed by atoms with van der Waals surface area (Å²) in [5, 5.41) is 4.59. The number of para-hydroxylation sites is 1. The normalized spacial score (nSPS) is 17.0. The highest BCUT2D eigenvalue weighted by atomic mass is 35.5. The Morgan fingerprint density at radius 3 is 2.76 bits per heavy atom. The third-order valence-corrected chi connectivity index (χ3v) is 4.71. The summed E-state index contributed by atoms with van der Waals surface area (Å²) in [6.07, 6.45) is 3.32. The standard InChI is InChI=1S/C19H17ClN4O/c20-13-7-9-14(10-8-13)23-19(25)17-6-3-11-24(17)18-15-4-1-2-5-16(15)21-12-22-18/h1-2,4-5,7-10,12,17H,3,6,11H2,(H,23,25)/t17-/m1/s1. The molecule has 0 bridgehead atoms.